The molecule has 0 aromatic carbocycles. The summed E-state index contributed by atoms with van der Waals surface area (Å²) in [6.45, 7) is 8.26. The van der Waals surface area contributed by atoms with Gasteiger partial charge in [0.1, 0.15) is 14.3 Å². The molecule has 1 aliphatic rings. The largest absolute Gasteiger partial charge is 0.381 e. The summed E-state index contributed by atoms with van der Waals surface area (Å²) in [7, 11) is 5.80. The predicted molar refractivity (Wildman–Crippen MR) is 78.7 cm³/mol. The van der Waals surface area contributed by atoms with Gasteiger partial charge >= 0.3 is 0 Å². The van der Waals surface area contributed by atoms with Crippen molar-refractivity contribution in [1.29, 1.82) is 0 Å². The van der Waals surface area contributed by atoms with Gasteiger partial charge in [-0.15, -0.1) is 0 Å². The lowest BCUT2D eigenvalue weighted by molar-refractivity contribution is -0.0207. The van der Waals surface area contributed by atoms with Gasteiger partial charge in [0, 0.05) is 17.7 Å². The fourth-order valence-electron chi connectivity index (χ4n) is 1.74. The maximum atomic E-state index is 10.2. The molecule has 0 aromatic heterocycles. The molecule has 7 heteroatoms. The van der Waals surface area contributed by atoms with Crippen LogP contribution in [-0.4, -0.2) is 49.3 Å². The van der Waals surface area contributed by atoms with E-state index in [0.717, 1.165) is 0 Å². The van der Waals surface area contributed by atoms with Crippen LogP contribution in [0.5, 0.6) is 0 Å². The Kier molecular flexibility index (Phi) is 6.30. The first-order chi connectivity index (χ1) is 8.22. The fourth-order valence-corrected chi connectivity index (χ4v) is 3.19. The molecule has 2 radical (unpaired) electrons. The van der Waals surface area contributed by atoms with Gasteiger partial charge in [-0.05, 0) is 20.3 Å². The Morgan fingerprint density at radius 2 is 2.11 bits per heavy atom. The molecule has 104 valence electrons. The van der Waals surface area contributed by atoms with E-state index in [9.17, 15) is 4.89 Å². The number of rotatable bonds is 6. The quantitative estimate of drug-likeness (QED) is 0.572. The molecule has 2 N–H and O–H groups in total. The topological polar surface area (TPSA) is 50.7 Å². The Morgan fingerprint density at radius 1 is 1.50 bits per heavy atom. The minimum atomic E-state index is -2.53. The Bertz CT molecular complexity index is 317. The van der Waals surface area contributed by atoms with Crippen molar-refractivity contribution in [1.82, 2.24) is 5.09 Å². The monoisotopic (exact) mass is 291 g/mol. The lowest BCUT2D eigenvalue weighted by Gasteiger charge is -2.28. The van der Waals surface area contributed by atoms with E-state index in [-0.39, 0.29) is 29.9 Å². The van der Waals surface area contributed by atoms with Crippen molar-refractivity contribution in [3.63, 3.8) is 0 Å². The highest BCUT2D eigenvalue weighted by Crippen LogP contribution is 2.43. The Morgan fingerprint density at radius 3 is 2.61 bits per heavy atom. The van der Waals surface area contributed by atoms with E-state index in [0.29, 0.717) is 13.0 Å². The van der Waals surface area contributed by atoms with E-state index in [1.807, 2.05) is 27.7 Å². The molecule has 0 aromatic rings. The number of ether oxygens (including phenoxy) is 2. The van der Waals surface area contributed by atoms with Crippen molar-refractivity contribution < 1.29 is 14.4 Å². The molecule has 4 atom stereocenters. The smallest absolute Gasteiger partial charge is 0.129 e. The molecule has 1 aliphatic heterocycles. The highest BCUT2D eigenvalue weighted by molar-refractivity contribution is 8.11. The summed E-state index contributed by atoms with van der Waals surface area (Å²) in [5, 5.41) is 3.16. The maximum Gasteiger partial charge on any atom is 0.129 e. The molecular weight excluding hydrogens is 268 g/mol. The van der Waals surface area contributed by atoms with Gasteiger partial charge in [-0.25, -0.2) is 0 Å². The van der Waals surface area contributed by atoms with Gasteiger partial charge in [0.05, 0.1) is 18.8 Å². The van der Waals surface area contributed by atoms with Crippen LogP contribution in [0.1, 0.15) is 34.1 Å². The average molecular weight is 291 g/mol. The molecule has 1 saturated heterocycles. The molecule has 0 aliphatic carbocycles. The Hall–Kier alpha value is 0.555. The standard InChI is InChI=1S/C11H23BNO3PS/c1-7(2)15-6-10-9(5-11(12)16-10)13-17(14,18)8(3)4/h7-11H,5-6H2,1-4H3,(H2,13,14,18). The zero-order valence-electron chi connectivity index (χ0n) is 11.5. The Balaban J connectivity index is 2.59. The van der Waals surface area contributed by atoms with Crippen molar-refractivity contribution in [3.8, 4) is 0 Å². The molecule has 0 saturated carbocycles. The summed E-state index contributed by atoms with van der Waals surface area (Å²) in [5.74, 6) is 0. The van der Waals surface area contributed by atoms with Crippen molar-refractivity contribution >= 4 is 26.1 Å². The zero-order valence-corrected chi connectivity index (χ0v) is 13.2. The molecule has 18 heavy (non-hydrogen) atoms. The van der Waals surface area contributed by atoms with Crippen LogP contribution in [0.2, 0.25) is 0 Å². The molecule has 4 unspecified atom stereocenters. The first-order valence-electron chi connectivity index (χ1n) is 6.35. The predicted octanol–water partition coefficient (Wildman–Crippen LogP) is 1.36. The van der Waals surface area contributed by atoms with E-state index in [2.05, 4.69) is 5.09 Å². The first-order valence-corrected chi connectivity index (χ1v) is 9.17. The van der Waals surface area contributed by atoms with Gasteiger partial charge in [0.15, 0.2) is 0 Å². The molecule has 1 rings (SSSR count). The van der Waals surface area contributed by atoms with E-state index in [1.165, 1.54) is 0 Å². The number of hydrogen-bond donors (Lipinski definition) is 2. The highest BCUT2D eigenvalue weighted by Gasteiger charge is 2.36. The fraction of sp³-hybridized carbons (Fsp3) is 1.00. The minimum Gasteiger partial charge on any atom is -0.381 e. The van der Waals surface area contributed by atoms with E-state index >= 15 is 0 Å². The SMILES string of the molecule is [B]C1CC(NP(O)(=S)C(C)C)C(COC(C)C)O1. The van der Waals surface area contributed by atoms with Gasteiger partial charge in [0.2, 0.25) is 0 Å². The van der Waals surface area contributed by atoms with Crippen LogP contribution in [0.4, 0.5) is 0 Å². The van der Waals surface area contributed by atoms with Crippen molar-refractivity contribution in [2.75, 3.05) is 6.61 Å². The molecule has 4 nitrogen and oxygen atoms in total. The second-order valence-electron chi connectivity index (χ2n) is 5.28. The van der Waals surface area contributed by atoms with Crippen molar-refractivity contribution in [3.05, 3.63) is 0 Å². The highest BCUT2D eigenvalue weighted by atomic mass is 32.4. The summed E-state index contributed by atoms with van der Waals surface area (Å²) >= 11 is 5.25. The average Bonchev–Trinajstić information content (AvgIpc) is 2.54. The van der Waals surface area contributed by atoms with E-state index in [1.54, 1.807) is 0 Å². The van der Waals surface area contributed by atoms with Gasteiger partial charge in [-0.2, -0.15) is 0 Å². The lowest BCUT2D eigenvalue weighted by Crippen LogP contribution is -2.38. The summed E-state index contributed by atoms with van der Waals surface area (Å²) in [6.07, 6.45) is -1.88. The third kappa shape index (κ3) is 4.91. The van der Waals surface area contributed by atoms with Crippen molar-refractivity contribution in [2.24, 2.45) is 0 Å². The summed E-state index contributed by atoms with van der Waals surface area (Å²) in [5.41, 5.74) is 0.0380. The summed E-state index contributed by atoms with van der Waals surface area (Å²) in [4.78, 5) is 10.2. The number of nitrogens with one attached hydrogen (secondary N) is 1. The molecular formula is C11H23BNO3PS. The van der Waals surface area contributed by atoms with Gasteiger partial charge in [0.25, 0.3) is 0 Å². The van der Waals surface area contributed by atoms with Gasteiger partial charge in [-0.3, -0.25) is 5.09 Å². The Labute approximate surface area is 116 Å². The second kappa shape index (κ2) is 6.82. The van der Waals surface area contributed by atoms with Gasteiger partial charge in [-0.1, -0.05) is 25.7 Å². The van der Waals surface area contributed by atoms with Gasteiger partial charge < -0.3 is 14.4 Å². The zero-order chi connectivity index (χ0) is 13.9. The van der Waals surface area contributed by atoms with E-state index in [4.69, 9.17) is 29.1 Å². The third-order valence-corrected chi connectivity index (χ3v) is 6.61. The molecule has 1 heterocycles. The molecule has 0 spiro atoms. The summed E-state index contributed by atoms with van der Waals surface area (Å²) in [6, 6.07) is -0.345. The minimum absolute atomic E-state index is 0.0306. The molecule has 0 bridgehead atoms. The maximum absolute atomic E-state index is 10.2. The van der Waals surface area contributed by atoms with Crippen LogP contribution in [0.15, 0.2) is 0 Å². The van der Waals surface area contributed by atoms with Crippen LogP contribution in [0.3, 0.4) is 0 Å². The second-order valence-corrected chi connectivity index (χ2v) is 9.49. The lowest BCUT2D eigenvalue weighted by atomic mass is 9.95. The van der Waals surface area contributed by atoms with Crippen LogP contribution < -0.4 is 5.09 Å². The van der Waals surface area contributed by atoms with Crippen LogP contribution in [0, 0.1) is 0 Å². The summed E-state index contributed by atoms with van der Waals surface area (Å²) < 4.78 is 11.2. The molecule has 0 amide bonds. The van der Waals surface area contributed by atoms with E-state index < -0.39 is 6.42 Å². The van der Waals surface area contributed by atoms with Crippen molar-refractivity contribution in [2.45, 2.75) is 64.0 Å². The number of hydrogen-bond acceptors (Lipinski definition) is 3. The van der Waals surface area contributed by atoms with Crippen LogP contribution in [-0.2, 0) is 21.3 Å². The first kappa shape index (κ1) is 16.6. The van der Waals surface area contributed by atoms with Crippen LogP contribution in [0.25, 0.3) is 0 Å². The third-order valence-electron chi connectivity index (χ3n) is 2.93. The van der Waals surface area contributed by atoms with Crippen LogP contribution >= 0.6 is 6.42 Å². The molecule has 1 fully saturated rings. The normalized spacial score (nSPS) is 32.1.